The van der Waals surface area contributed by atoms with Crippen molar-refractivity contribution in [2.75, 3.05) is 11.9 Å². The monoisotopic (exact) mass is 419 g/mol. The number of halogens is 4. The molecule has 0 saturated carbocycles. The first-order valence-electron chi connectivity index (χ1n) is 7.25. The zero-order valence-corrected chi connectivity index (χ0v) is 16.0. The first-order valence-corrected chi connectivity index (χ1v) is 8.76. The van der Waals surface area contributed by atoms with Gasteiger partial charge in [0.15, 0.2) is 0 Å². The van der Waals surface area contributed by atoms with Gasteiger partial charge in [-0.3, -0.25) is 9.59 Å². The molecule has 2 aromatic rings. The van der Waals surface area contributed by atoms with Crippen LogP contribution in [0.25, 0.3) is 0 Å². The molecular formula is C16H13Cl4N3O2. The van der Waals surface area contributed by atoms with E-state index in [4.69, 9.17) is 46.4 Å². The van der Waals surface area contributed by atoms with Gasteiger partial charge in [0.25, 0.3) is 11.8 Å². The molecule has 2 amide bonds. The predicted octanol–water partition coefficient (Wildman–Crippen LogP) is 5.09. The van der Waals surface area contributed by atoms with Gasteiger partial charge in [-0.1, -0.05) is 65.5 Å². The van der Waals surface area contributed by atoms with Crippen molar-refractivity contribution in [3.8, 4) is 0 Å². The zero-order chi connectivity index (χ0) is 18.6. The van der Waals surface area contributed by atoms with E-state index in [2.05, 4.69) is 15.6 Å². The summed E-state index contributed by atoms with van der Waals surface area (Å²) in [5.74, 6) is -0.967. The Bertz CT molecular complexity index is 827. The van der Waals surface area contributed by atoms with Crippen molar-refractivity contribution in [3.63, 3.8) is 0 Å². The van der Waals surface area contributed by atoms with Gasteiger partial charge in [0.1, 0.15) is 10.8 Å². The molecule has 0 unspecified atom stereocenters. The number of carbonyl (C=O) groups excluding carboxylic acids is 2. The van der Waals surface area contributed by atoms with Crippen molar-refractivity contribution in [1.29, 1.82) is 0 Å². The second kappa shape index (κ2) is 8.72. The molecule has 0 aliphatic rings. The zero-order valence-electron chi connectivity index (χ0n) is 13.0. The van der Waals surface area contributed by atoms with Crippen molar-refractivity contribution in [2.45, 2.75) is 13.3 Å². The van der Waals surface area contributed by atoms with E-state index in [1.165, 1.54) is 0 Å². The van der Waals surface area contributed by atoms with E-state index in [0.29, 0.717) is 17.8 Å². The van der Waals surface area contributed by atoms with Gasteiger partial charge in [0, 0.05) is 6.54 Å². The van der Waals surface area contributed by atoms with Crippen LogP contribution in [0.4, 0.5) is 5.69 Å². The van der Waals surface area contributed by atoms with Crippen molar-refractivity contribution >= 4 is 63.9 Å². The van der Waals surface area contributed by atoms with E-state index in [-0.39, 0.29) is 31.8 Å². The molecule has 1 aromatic carbocycles. The van der Waals surface area contributed by atoms with Crippen molar-refractivity contribution in [2.24, 2.45) is 0 Å². The van der Waals surface area contributed by atoms with Gasteiger partial charge in [-0.15, -0.1) is 0 Å². The fourth-order valence-electron chi connectivity index (χ4n) is 1.94. The van der Waals surface area contributed by atoms with Crippen molar-refractivity contribution in [1.82, 2.24) is 10.3 Å². The number of nitrogens with one attached hydrogen (secondary N) is 2. The maximum Gasteiger partial charge on any atom is 0.275 e. The lowest BCUT2D eigenvalue weighted by molar-refractivity contribution is 0.0954. The minimum Gasteiger partial charge on any atom is -0.352 e. The largest absolute Gasteiger partial charge is 0.352 e. The Morgan fingerprint density at radius 2 is 1.68 bits per heavy atom. The summed E-state index contributed by atoms with van der Waals surface area (Å²) in [5, 5.41) is 4.97. The topological polar surface area (TPSA) is 71.1 Å². The summed E-state index contributed by atoms with van der Waals surface area (Å²) < 4.78 is 0. The lowest BCUT2D eigenvalue weighted by Crippen LogP contribution is -2.26. The highest BCUT2D eigenvalue weighted by Crippen LogP contribution is 2.36. The van der Waals surface area contributed by atoms with Crippen LogP contribution in [0.2, 0.25) is 20.2 Å². The molecule has 0 spiro atoms. The van der Waals surface area contributed by atoms with Gasteiger partial charge in [-0.2, -0.15) is 0 Å². The minimum absolute atomic E-state index is 0.0378. The second-order valence-electron chi connectivity index (χ2n) is 4.95. The summed E-state index contributed by atoms with van der Waals surface area (Å²) in [5.41, 5.74) is 0.428. The number of rotatable bonds is 5. The normalized spacial score (nSPS) is 10.4. The minimum atomic E-state index is -0.666. The predicted molar refractivity (Wildman–Crippen MR) is 101 cm³/mol. The number of nitrogens with zero attached hydrogens (tertiary/aromatic N) is 1. The molecule has 0 radical (unpaired) electrons. The number of pyridine rings is 1. The van der Waals surface area contributed by atoms with Crippen LogP contribution in [0.3, 0.4) is 0 Å². The average Bonchev–Trinajstić information content (AvgIpc) is 2.61. The summed E-state index contributed by atoms with van der Waals surface area (Å²) in [6, 6.07) is 6.56. The van der Waals surface area contributed by atoms with Gasteiger partial charge in [0.2, 0.25) is 0 Å². The van der Waals surface area contributed by atoms with Crippen LogP contribution in [-0.2, 0) is 0 Å². The van der Waals surface area contributed by atoms with Crippen LogP contribution in [0.1, 0.15) is 34.2 Å². The fourth-order valence-corrected chi connectivity index (χ4v) is 2.76. The van der Waals surface area contributed by atoms with Crippen LogP contribution in [0, 0.1) is 0 Å². The molecule has 2 rings (SSSR count). The number of anilines is 1. The average molecular weight is 421 g/mol. The number of hydrogen-bond donors (Lipinski definition) is 2. The quantitative estimate of drug-likeness (QED) is 0.662. The number of hydrogen-bond acceptors (Lipinski definition) is 3. The number of benzene rings is 1. The highest BCUT2D eigenvalue weighted by Gasteiger charge is 2.21. The molecule has 1 aromatic heterocycles. The summed E-state index contributed by atoms with van der Waals surface area (Å²) in [6.07, 6.45) is 0.793. The van der Waals surface area contributed by atoms with Crippen molar-refractivity contribution < 1.29 is 9.59 Å². The molecule has 9 heteroatoms. The highest BCUT2D eigenvalue weighted by atomic mass is 35.5. The fraction of sp³-hybridized carbons (Fsp3) is 0.188. The van der Waals surface area contributed by atoms with Gasteiger partial charge < -0.3 is 10.6 Å². The number of carbonyl (C=O) groups is 2. The smallest absolute Gasteiger partial charge is 0.275 e. The standard InChI is InChI=1S/C16H13Cl4N3O2/c1-2-7-21-15(24)8-5-3-4-6-9(8)22-16(25)13-11(18)10(17)12(19)14(20)23-13/h3-6H,2,7H2,1H3,(H,21,24)(H,22,25). The number of aromatic nitrogens is 1. The van der Waals surface area contributed by atoms with Gasteiger partial charge in [-0.25, -0.2) is 4.98 Å². The Morgan fingerprint density at radius 3 is 2.36 bits per heavy atom. The Balaban J connectivity index is 2.32. The lowest BCUT2D eigenvalue weighted by atomic mass is 10.1. The molecule has 0 atom stereocenters. The highest BCUT2D eigenvalue weighted by molar-refractivity contribution is 6.52. The molecule has 5 nitrogen and oxygen atoms in total. The lowest BCUT2D eigenvalue weighted by Gasteiger charge is -2.12. The van der Waals surface area contributed by atoms with Crippen LogP contribution >= 0.6 is 46.4 Å². The summed E-state index contributed by atoms with van der Waals surface area (Å²) >= 11 is 23.7. The first-order chi connectivity index (χ1) is 11.9. The third-order valence-electron chi connectivity index (χ3n) is 3.15. The summed E-state index contributed by atoms with van der Waals surface area (Å²) in [7, 11) is 0. The van der Waals surface area contributed by atoms with Gasteiger partial charge in [-0.05, 0) is 18.6 Å². The third-order valence-corrected chi connectivity index (χ3v) is 4.83. The molecule has 0 bridgehead atoms. The maximum atomic E-state index is 12.5. The Kier molecular flexibility index (Phi) is 6.90. The summed E-state index contributed by atoms with van der Waals surface area (Å²) in [6.45, 7) is 2.46. The molecule has 0 saturated heterocycles. The van der Waals surface area contributed by atoms with E-state index in [1.807, 2.05) is 6.92 Å². The molecule has 25 heavy (non-hydrogen) atoms. The van der Waals surface area contributed by atoms with Crippen LogP contribution < -0.4 is 10.6 Å². The van der Waals surface area contributed by atoms with Gasteiger partial charge in [0.05, 0.1) is 26.3 Å². The summed E-state index contributed by atoms with van der Waals surface area (Å²) in [4.78, 5) is 28.5. The van der Waals surface area contributed by atoms with Crippen LogP contribution in [0.5, 0.6) is 0 Å². The maximum absolute atomic E-state index is 12.5. The molecule has 0 aliphatic carbocycles. The molecule has 0 aliphatic heterocycles. The van der Waals surface area contributed by atoms with Crippen LogP contribution in [0.15, 0.2) is 24.3 Å². The number of amides is 2. The SMILES string of the molecule is CCCNC(=O)c1ccccc1NC(=O)c1nc(Cl)c(Cl)c(Cl)c1Cl. The van der Waals surface area contributed by atoms with Crippen molar-refractivity contribution in [3.05, 3.63) is 55.7 Å². The van der Waals surface area contributed by atoms with E-state index >= 15 is 0 Å². The second-order valence-corrected chi connectivity index (χ2v) is 6.44. The molecule has 132 valence electrons. The first kappa shape index (κ1) is 19.8. The van der Waals surface area contributed by atoms with Crippen LogP contribution in [-0.4, -0.2) is 23.3 Å². The van der Waals surface area contributed by atoms with E-state index in [0.717, 1.165) is 6.42 Å². The molecule has 1 heterocycles. The van der Waals surface area contributed by atoms with E-state index in [9.17, 15) is 9.59 Å². The Morgan fingerprint density at radius 1 is 1.00 bits per heavy atom. The molecule has 2 N–H and O–H groups in total. The molecular weight excluding hydrogens is 408 g/mol. The third kappa shape index (κ3) is 4.55. The Hall–Kier alpha value is -1.53. The van der Waals surface area contributed by atoms with Gasteiger partial charge >= 0.3 is 0 Å². The number of para-hydroxylation sites is 1. The van der Waals surface area contributed by atoms with E-state index in [1.54, 1.807) is 24.3 Å². The van der Waals surface area contributed by atoms with E-state index < -0.39 is 5.91 Å². The molecule has 0 fully saturated rings. The Labute approximate surface area is 164 Å².